The van der Waals surface area contributed by atoms with Gasteiger partial charge in [-0.25, -0.2) is 18.9 Å². The zero-order valence-electron chi connectivity index (χ0n) is 27.0. The number of carbonyl (C=O) groups is 3. The second-order valence-electron chi connectivity index (χ2n) is 11.6. The lowest BCUT2D eigenvalue weighted by Crippen LogP contribution is -2.53. The van der Waals surface area contributed by atoms with E-state index in [1.165, 1.54) is 14.0 Å². The van der Waals surface area contributed by atoms with E-state index in [0.717, 1.165) is 69.8 Å². The summed E-state index contributed by atoms with van der Waals surface area (Å²) in [5, 5.41) is 0. The molecule has 46 heavy (non-hydrogen) atoms. The van der Waals surface area contributed by atoms with Gasteiger partial charge in [0.15, 0.2) is 6.54 Å². The summed E-state index contributed by atoms with van der Waals surface area (Å²) in [7, 11) is -2.80. The van der Waals surface area contributed by atoms with Gasteiger partial charge in [-0.1, -0.05) is 47.8 Å². The van der Waals surface area contributed by atoms with Crippen LogP contribution in [0.3, 0.4) is 0 Å². The number of nitrogens with two attached hydrogens (primary N) is 1. The number of ether oxygens (including phenoxy) is 4. The molecule has 1 aromatic carbocycles. The Morgan fingerprint density at radius 2 is 1.28 bits per heavy atom. The number of benzene rings is 1. The van der Waals surface area contributed by atoms with Gasteiger partial charge in [0.1, 0.15) is 19.3 Å². The highest BCUT2D eigenvalue weighted by atomic mass is 31.2. The molecule has 0 radical (unpaired) electrons. The van der Waals surface area contributed by atoms with Gasteiger partial charge in [0.05, 0.1) is 26.4 Å². The molecule has 2 aliphatic carbocycles. The molecule has 0 spiro atoms. The first-order valence-corrected chi connectivity index (χ1v) is 17.6. The van der Waals surface area contributed by atoms with E-state index in [1.54, 1.807) is 0 Å². The molecule has 1 unspecified atom stereocenters. The third-order valence-corrected chi connectivity index (χ3v) is 8.99. The van der Waals surface area contributed by atoms with Crippen LogP contribution in [0.2, 0.25) is 0 Å². The molecule has 0 aromatic heterocycles. The lowest BCUT2D eigenvalue weighted by molar-refractivity contribution is -1.01. The summed E-state index contributed by atoms with van der Waals surface area (Å²) < 4.78 is 49.3. The van der Waals surface area contributed by atoms with Gasteiger partial charge in [-0.15, -0.1) is 4.76 Å². The second-order valence-corrected chi connectivity index (χ2v) is 13.2. The van der Waals surface area contributed by atoms with Gasteiger partial charge in [0.25, 0.3) is 0 Å². The fourth-order valence-corrected chi connectivity index (χ4v) is 6.54. The van der Waals surface area contributed by atoms with Crippen LogP contribution in [0.1, 0.15) is 89.5 Å². The predicted octanol–water partition coefficient (Wildman–Crippen LogP) is 6.32. The average molecular weight is 671 g/mol. The first-order chi connectivity index (χ1) is 22.1. The summed E-state index contributed by atoms with van der Waals surface area (Å²) in [6, 6.07) is 9.11. The summed E-state index contributed by atoms with van der Waals surface area (Å²) in [6.07, 6.45) is 8.14. The smallest absolute Gasteiger partial charge is 0.434 e. The van der Waals surface area contributed by atoms with Crippen molar-refractivity contribution in [1.29, 1.82) is 0 Å². The van der Waals surface area contributed by atoms with Crippen LogP contribution in [0.15, 0.2) is 35.1 Å². The molecule has 1 aromatic rings. The first-order valence-electron chi connectivity index (χ1n) is 16.1. The molecule has 2 N–H and O–H groups in total. The molecule has 2 saturated carbocycles. The van der Waals surface area contributed by atoms with Crippen LogP contribution in [0, 0.1) is 0 Å². The molecule has 0 saturated heterocycles. The molecule has 0 amide bonds. The fourth-order valence-electron chi connectivity index (χ4n) is 5.19. The number of carbonyl (C=O) groups excluding carboxylic acids is 3. The van der Waals surface area contributed by atoms with E-state index in [0.29, 0.717) is 0 Å². The normalized spacial score (nSPS) is 17.8. The molecular formula is C31H49N3O11P+. The highest BCUT2D eigenvalue weighted by Crippen LogP contribution is 2.50. The number of quaternary nitrogens is 1. The number of nitrogens with zero attached hydrogens (tertiary/aromatic N) is 2. The fraction of sp³-hybridized carbons (Fsp3) is 0.677. The summed E-state index contributed by atoms with van der Waals surface area (Å²) >= 11 is 0. The second kappa shape index (κ2) is 19.5. The van der Waals surface area contributed by atoms with Crippen molar-refractivity contribution in [3.63, 3.8) is 0 Å². The highest BCUT2D eigenvalue weighted by Gasteiger charge is 2.37. The molecule has 15 heteroatoms. The van der Waals surface area contributed by atoms with E-state index in [9.17, 15) is 18.9 Å². The molecule has 0 aliphatic heterocycles. The van der Waals surface area contributed by atoms with E-state index in [4.69, 9.17) is 38.6 Å². The summed E-state index contributed by atoms with van der Waals surface area (Å²) in [6.45, 7) is 0.896. The van der Waals surface area contributed by atoms with Crippen LogP contribution in [0.25, 0.3) is 0 Å². The van der Waals surface area contributed by atoms with Gasteiger partial charge in [0.2, 0.25) is 0 Å². The van der Waals surface area contributed by atoms with E-state index < -0.39 is 30.7 Å². The van der Waals surface area contributed by atoms with Crippen LogP contribution in [-0.2, 0) is 48.7 Å². The Hall–Kier alpha value is -3.19. The monoisotopic (exact) mass is 670 g/mol. The van der Waals surface area contributed by atoms with Crippen molar-refractivity contribution in [2.24, 2.45) is 10.5 Å². The average Bonchev–Trinajstić information content (AvgIpc) is 3.02. The van der Waals surface area contributed by atoms with Crippen molar-refractivity contribution in [3.05, 3.63) is 35.9 Å². The predicted molar refractivity (Wildman–Crippen MR) is 167 cm³/mol. The Kier molecular flexibility index (Phi) is 15.8. The van der Waals surface area contributed by atoms with Crippen molar-refractivity contribution in [2.45, 2.75) is 103 Å². The maximum atomic E-state index is 13.8. The lowest BCUT2D eigenvalue weighted by Gasteiger charge is -2.28. The molecule has 14 nitrogen and oxygen atoms in total. The molecule has 0 bridgehead atoms. The molecule has 3 rings (SSSR count). The summed E-state index contributed by atoms with van der Waals surface area (Å²) in [5.74, 6) is -0.968. The van der Waals surface area contributed by atoms with Gasteiger partial charge in [-0.2, -0.15) is 0 Å². The van der Waals surface area contributed by atoms with Gasteiger partial charge < -0.3 is 24.7 Å². The molecule has 2 aliphatic rings. The third-order valence-electron chi connectivity index (χ3n) is 7.52. The van der Waals surface area contributed by atoms with Crippen molar-refractivity contribution >= 4 is 32.0 Å². The minimum Gasteiger partial charge on any atom is -0.434 e. The minimum atomic E-state index is -4.29. The zero-order chi connectivity index (χ0) is 33.3. The summed E-state index contributed by atoms with van der Waals surface area (Å²) in [5.41, 5.74) is 7.07. The Bertz CT molecular complexity index is 1130. The van der Waals surface area contributed by atoms with E-state index in [-0.39, 0.29) is 64.0 Å². The number of hydrogen-bond acceptors (Lipinski definition) is 11. The van der Waals surface area contributed by atoms with Crippen molar-refractivity contribution in [3.8, 4) is 0 Å². The summed E-state index contributed by atoms with van der Waals surface area (Å²) in [4.78, 5) is 41.5. The number of guanidine groups is 1. The van der Waals surface area contributed by atoms with Crippen molar-refractivity contribution in [1.82, 2.24) is 0 Å². The van der Waals surface area contributed by atoms with Gasteiger partial charge in [-0.3, -0.25) is 13.9 Å². The Morgan fingerprint density at radius 3 is 1.74 bits per heavy atom. The Morgan fingerprint density at radius 1 is 0.804 bits per heavy atom. The molecular weight excluding hydrogens is 621 g/mol. The van der Waals surface area contributed by atoms with Gasteiger partial charge in [0, 0.05) is 25.3 Å². The van der Waals surface area contributed by atoms with E-state index in [1.807, 2.05) is 30.3 Å². The molecule has 2 fully saturated rings. The van der Waals surface area contributed by atoms with E-state index >= 15 is 0 Å². The van der Waals surface area contributed by atoms with Crippen molar-refractivity contribution < 1.29 is 56.4 Å². The van der Waals surface area contributed by atoms with Crippen LogP contribution < -0.4 is 5.73 Å². The van der Waals surface area contributed by atoms with Crippen LogP contribution in [0.5, 0.6) is 0 Å². The van der Waals surface area contributed by atoms with Crippen LogP contribution in [-0.4, -0.2) is 74.6 Å². The van der Waals surface area contributed by atoms with Gasteiger partial charge >= 0.3 is 32.0 Å². The number of hydroxylamine groups is 3. The number of hydrogen-bond donors (Lipinski definition) is 1. The number of rotatable bonds is 15. The van der Waals surface area contributed by atoms with Gasteiger partial charge in [-0.05, 0) is 51.4 Å². The maximum absolute atomic E-state index is 13.8. The minimum absolute atomic E-state index is 0.0447. The van der Waals surface area contributed by atoms with E-state index in [2.05, 4.69) is 4.76 Å². The van der Waals surface area contributed by atoms with Crippen molar-refractivity contribution in [2.75, 3.05) is 33.5 Å². The molecule has 1 atom stereocenters. The zero-order valence-corrected chi connectivity index (χ0v) is 27.9. The Balaban J connectivity index is 1.58. The topological polar surface area (TPSA) is 171 Å². The third kappa shape index (κ3) is 14.1. The standard InChI is InChI=1S/C31H49N3O11P/c1-25(35)45-34(2,24-26-14-6-3-7-15-26)29(32)33-46(38,41-22-12-20-39-30(36)43-27-16-8-4-9-17-27)42-23-13-21-40-31(37)44-28-18-10-5-11-19-28/h3,6-7,14-15,27-28H,4-5,8-13,16-24H2,1-2H3,(H2,32,33,38)/q+1. The first kappa shape index (κ1) is 37.3. The SMILES string of the molecule is CC(=O)O[N+](C)(Cc1ccccc1)C(N)=NP(=O)(OCCCOC(=O)OC1CCCCC1)OCCCOC(=O)OC1CCCCC1. The largest absolute Gasteiger partial charge is 0.508 e. The maximum Gasteiger partial charge on any atom is 0.508 e. The highest BCUT2D eigenvalue weighted by molar-refractivity contribution is 7.52. The van der Waals surface area contributed by atoms with Crippen LogP contribution >= 0.6 is 7.75 Å². The van der Waals surface area contributed by atoms with Crippen LogP contribution in [0.4, 0.5) is 9.59 Å². The molecule has 258 valence electrons. The molecule has 0 heterocycles. The lowest BCUT2D eigenvalue weighted by atomic mass is 9.98. The Labute approximate surface area is 271 Å². The quantitative estimate of drug-likeness (QED) is 0.0419.